The summed E-state index contributed by atoms with van der Waals surface area (Å²) in [7, 11) is -4.63. The van der Waals surface area contributed by atoms with Crippen molar-refractivity contribution in [2.45, 2.75) is 6.18 Å². The molecule has 0 amide bonds. The average molecular weight is 450 g/mol. The van der Waals surface area contributed by atoms with Gasteiger partial charge in [0.15, 0.2) is 5.13 Å². The van der Waals surface area contributed by atoms with E-state index in [1.165, 1.54) is 5.38 Å². The fourth-order valence-corrected chi connectivity index (χ4v) is 4.08. The molecular weight excluding hydrogens is 438 g/mol. The summed E-state index contributed by atoms with van der Waals surface area (Å²) in [5.41, 5.74) is -0.810. The van der Waals surface area contributed by atoms with Crippen molar-refractivity contribution in [3.05, 3.63) is 65.0 Å². The molecule has 3 aromatic rings. The molecule has 0 unspecified atom stereocenters. The molecule has 0 atom stereocenters. The zero-order valence-electron chi connectivity index (χ0n) is 14.3. The van der Waals surface area contributed by atoms with Gasteiger partial charge < -0.3 is 14.7 Å². The van der Waals surface area contributed by atoms with Crippen molar-refractivity contribution in [1.29, 1.82) is 0 Å². The first-order valence-electron chi connectivity index (χ1n) is 7.84. The molecule has 2 aromatic carbocycles. The Morgan fingerprint density at radius 3 is 2.28 bits per heavy atom. The molecule has 29 heavy (non-hydrogen) atoms. The van der Waals surface area contributed by atoms with Gasteiger partial charge in [-0.25, -0.2) is 13.8 Å². The van der Waals surface area contributed by atoms with Crippen LogP contribution in [0.25, 0.3) is 11.3 Å². The van der Waals surface area contributed by atoms with Gasteiger partial charge in [0, 0.05) is 22.7 Å². The van der Waals surface area contributed by atoms with Gasteiger partial charge in [-0.05, 0) is 36.4 Å². The van der Waals surface area contributed by atoms with Crippen LogP contribution in [0, 0.1) is 11.6 Å². The third kappa shape index (κ3) is 5.18. The summed E-state index contributed by atoms with van der Waals surface area (Å²) >= 11 is 0.900. The number of hydrogen-bond acceptors (Lipinski definition) is 4. The zero-order valence-corrected chi connectivity index (χ0v) is 16.0. The van der Waals surface area contributed by atoms with Crippen molar-refractivity contribution in [3.8, 4) is 11.3 Å². The predicted molar refractivity (Wildman–Crippen MR) is 98.0 cm³/mol. The van der Waals surface area contributed by atoms with Crippen LogP contribution in [0.2, 0.25) is 0 Å². The molecule has 12 heteroatoms. The van der Waals surface area contributed by atoms with Gasteiger partial charge in [0.25, 0.3) is 0 Å². The van der Waals surface area contributed by atoms with E-state index in [2.05, 4.69) is 4.98 Å². The maximum atomic E-state index is 14.0. The number of aromatic nitrogens is 1. The molecule has 0 bridgehead atoms. The first-order valence-corrected chi connectivity index (χ1v) is 10.5. The van der Waals surface area contributed by atoms with Crippen LogP contribution in [0.5, 0.6) is 0 Å². The largest absolute Gasteiger partial charge is 0.416 e. The minimum absolute atomic E-state index is 0.0202. The first kappa shape index (κ1) is 21.4. The van der Waals surface area contributed by atoms with Crippen molar-refractivity contribution >= 4 is 29.8 Å². The molecule has 0 aliphatic rings. The van der Waals surface area contributed by atoms with E-state index in [-0.39, 0.29) is 22.1 Å². The van der Waals surface area contributed by atoms with Crippen LogP contribution in [-0.4, -0.2) is 21.1 Å². The second-order valence-corrected chi connectivity index (χ2v) is 8.37. The Bertz CT molecular complexity index is 1070. The number of hydrogen-bond donors (Lipinski definition) is 2. The van der Waals surface area contributed by atoms with Crippen LogP contribution in [-0.2, 0) is 10.7 Å². The highest BCUT2D eigenvalue weighted by Gasteiger charge is 2.31. The number of nitrogens with zero attached hydrogens (tertiary/aromatic N) is 2. The minimum Gasteiger partial charge on any atom is -0.323 e. The molecule has 0 aliphatic carbocycles. The molecule has 5 nitrogen and oxygen atoms in total. The molecule has 1 aromatic heterocycles. The smallest absolute Gasteiger partial charge is 0.323 e. The summed E-state index contributed by atoms with van der Waals surface area (Å²) in [5, 5.41) is 1.41. The van der Waals surface area contributed by atoms with E-state index in [0.717, 1.165) is 52.6 Å². The normalized spacial score (nSPS) is 12.2. The first-order chi connectivity index (χ1) is 13.4. The number of halogens is 5. The molecule has 0 aliphatic heterocycles. The van der Waals surface area contributed by atoms with Gasteiger partial charge in [0.05, 0.1) is 11.3 Å². The number of thiazole rings is 1. The van der Waals surface area contributed by atoms with Crippen molar-refractivity contribution in [3.63, 3.8) is 0 Å². The van der Waals surface area contributed by atoms with Crippen LogP contribution in [0.4, 0.5) is 32.8 Å². The van der Waals surface area contributed by atoms with E-state index in [0.29, 0.717) is 6.07 Å². The topological polar surface area (TPSA) is 73.7 Å². The third-order valence-corrected chi connectivity index (χ3v) is 5.28. The number of anilines is 2. The standard InChI is InChI=1S/C17H12F5N2O3PS/c18-11-3-6-13(14(19)7-11)15-8-29-16(23-15)24(9-28(25,26)27)12-4-1-10(2-5-12)17(20,21)22/h1-8H,9H2,(H2,25,26,27). The molecule has 0 saturated heterocycles. The highest BCUT2D eigenvalue weighted by atomic mass is 32.1. The van der Waals surface area contributed by atoms with Crippen LogP contribution in [0.15, 0.2) is 47.8 Å². The summed E-state index contributed by atoms with van der Waals surface area (Å²) < 4.78 is 76.9. The zero-order chi connectivity index (χ0) is 21.4. The Morgan fingerprint density at radius 1 is 1.07 bits per heavy atom. The molecule has 0 radical (unpaired) electrons. The molecule has 2 N–H and O–H groups in total. The highest BCUT2D eigenvalue weighted by Crippen LogP contribution is 2.42. The van der Waals surface area contributed by atoms with Crippen molar-refractivity contribution in [2.75, 3.05) is 11.2 Å². The molecule has 0 saturated carbocycles. The molecule has 3 rings (SSSR count). The molecule has 0 spiro atoms. The van der Waals surface area contributed by atoms with Gasteiger partial charge in [-0.1, -0.05) is 0 Å². The van der Waals surface area contributed by atoms with Gasteiger partial charge in [0.2, 0.25) is 0 Å². The molecule has 154 valence electrons. The Labute approximate surface area is 165 Å². The predicted octanol–water partition coefficient (Wildman–Crippen LogP) is 5.38. The van der Waals surface area contributed by atoms with Gasteiger partial charge in [-0.2, -0.15) is 13.2 Å². The molecule has 1 heterocycles. The lowest BCUT2D eigenvalue weighted by Gasteiger charge is -2.22. The van der Waals surface area contributed by atoms with Gasteiger partial charge in [0.1, 0.15) is 17.9 Å². The second kappa shape index (κ2) is 7.83. The summed E-state index contributed by atoms with van der Waals surface area (Å²) in [6.07, 6.45) is -5.42. The Balaban J connectivity index is 2.00. The molecular formula is C17H12F5N2O3PS. The van der Waals surface area contributed by atoms with Crippen LogP contribution in [0.3, 0.4) is 0 Å². The van der Waals surface area contributed by atoms with Crippen molar-refractivity contribution in [1.82, 2.24) is 4.98 Å². The number of benzene rings is 2. The lowest BCUT2D eigenvalue weighted by molar-refractivity contribution is -0.137. The van der Waals surface area contributed by atoms with E-state index < -0.39 is 37.3 Å². The van der Waals surface area contributed by atoms with Crippen molar-refractivity contribution in [2.24, 2.45) is 0 Å². The lowest BCUT2D eigenvalue weighted by atomic mass is 10.1. The average Bonchev–Trinajstić information content (AvgIpc) is 3.08. The SMILES string of the molecule is O=P(O)(O)CN(c1ccc(C(F)(F)F)cc1)c1nc(-c2ccc(F)cc2F)cs1. The van der Waals surface area contributed by atoms with E-state index in [4.69, 9.17) is 0 Å². The van der Waals surface area contributed by atoms with E-state index in [1.807, 2.05) is 0 Å². The summed E-state index contributed by atoms with van der Waals surface area (Å²) in [5.74, 6) is -1.66. The van der Waals surface area contributed by atoms with Crippen LogP contribution >= 0.6 is 18.9 Å². The van der Waals surface area contributed by atoms with Gasteiger partial charge in [-0.3, -0.25) is 4.57 Å². The Hall–Kier alpha value is -2.33. The minimum atomic E-state index is -4.63. The van der Waals surface area contributed by atoms with E-state index >= 15 is 0 Å². The maximum Gasteiger partial charge on any atom is 0.416 e. The monoisotopic (exact) mass is 450 g/mol. The second-order valence-electron chi connectivity index (χ2n) is 5.92. The Morgan fingerprint density at radius 2 is 1.72 bits per heavy atom. The quantitative estimate of drug-likeness (QED) is 0.403. The summed E-state index contributed by atoms with van der Waals surface area (Å²) in [4.78, 5) is 23.9. The maximum absolute atomic E-state index is 14.0. The summed E-state index contributed by atoms with van der Waals surface area (Å²) in [6.45, 7) is 0. The van der Waals surface area contributed by atoms with Gasteiger partial charge >= 0.3 is 13.8 Å². The van der Waals surface area contributed by atoms with Crippen LogP contribution < -0.4 is 4.90 Å². The van der Waals surface area contributed by atoms with Crippen LogP contribution in [0.1, 0.15) is 5.56 Å². The van der Waals surface area contributed by atoms with E-state index in [1.54, 1.807) is 0 Å². The van der Waals surface area contributed by atoms with Gasteiger partial charge in [-0.15, -0.1) is 11.3 Å². The fourth-order valence-electron chi connectivity index (χ4n) is 2.48. The Kier molecular flexibility index (Phi) is 5.77. The number of rotatable bonds is 5. The number of alkyl halides is 3. The molecule has 0 fully saturated rings. The third-order valence-electron chi connectivity index (χ3n) is 3.76. The van der Waals surface area contributed by atoms with E-state index in [9.17, 15) is 36.3 Å². The lowest BCUT2D eigenvalue weighted by Crippen LogP contribution is -2.18. The fraction of sp³-hybridized carbons (Fsp3) is 0.118. The van der Waals surface area contributed by atoms with Crippen molar-refractivity contribution < 1.29 is 36.3 Å². The summed E-state index contributed by atoms with van der Waals surface area (Å²) in [6, 6.07) is 6.51. The highest BCUT2D eigenvalue weighted by molar-refractivity contribution is 7.51.